The summed E-state index contributed by atoms with van der Waals surface area (Å²) in [7, 11) is 1.79. The topological polar surface area (TPSA) is 85.1 Å². The molecule has 28 heavy (non-hydrogen) atoms. The molecule has 0 saturated carbocycles. The summed E-state index contributed by atoms with van der Waals surface area (Å²) in [6, 6.07) is 5.93. The Kier molecular flexibility index (Phi) is 10.5. The monoisotopic (exact) mass is 502 g/mol. The van der Waals surface area contributed by atoms with E-state index < -0.39 is 0 Å². The van der Waals surface area contributed by atoms with E-state index in [9.17, 15) is 0 Å². The average molecular weight is 502 g/mol. The summed E-state index contributed by atoms with van der Waals surface area (Å²) in [5.41, 5.74) is 0.889. The van der Waals surface area contributed by atoms with E-state index in [0.29, 0.717) is 12.7 Å². The van der Waals surface area contributed by atoms with Crippen molar-refractivity contribution in [3.05, 3.63) is 30.2 Å². The van der Waals surface area contributed by atoms with Crippen LogP contribution in [-0.2, 0) is 15.9 Å². The molecule has 1 aliphatic heterocycles. The van der Waals surface area contributed by atoms with Crippen molar-refractivity contribution < 1.29 is 9.47 Å². The lowest BCUT2D eigenvalue weighted by molar-refractivity contribution is 0.0168. The first kappa shape index (κ1) is 22.8. The Morgan fingerprint density at radius 3 is 2.93 bits per heavy atom. The van der Waals surface area contributed by atoms with Gasteiger partial charge in [-0.15, -0.1) is 34.2 Å². The normalized spacial score (nSPS) is 16.9. The van der Waals surface area contributed by atoms with Crippen LogP contribution in [0.2, 0.25) is 0 Å². The fourth-order valence-electron chi connectivity index (χ4n) is 3.11. The first-order chi connectivity index (χ1) is 13.4. The van der Waals surface area contributed by atoms with Crippen molar-refractivity contribution >= 4 is 35.6 Å². The molecule has 0 amide bonds. The molecule has 0 radical (unpaired) electrons. The van der Waals surface area contributed by atoms with Gasteiger partial charge in [0.25, 0.3) is 0 Å². The molecular weight excluding hydrogens is 471 g/mol. The van der Waals surface area contributed by atoms with Gasteiger partial charge >= 0.3 is 0 Å². The third-order valence-corrected chi connectivity index (χ3v) is 4.56. The van der Waals surface area contributed by atoms with Crippen LogP contribution in [0.5, 0.6) is 0 Å². The zero-order valence-corrected chi connectivity index (χ0v) is 18.8. The highest BCUT2D eigenvalue weighted by atomic mass is 127. The number of nitrogens with zero attached hydrogens (tertiary/aromatic N) is 4. The van der Waals surface area contributed by atoms with Crippen molar-refractivity contribution in [2.75, 3.05) is 40.0 Å². The number of aromatic nitrogens is 3. The van der Waals surface area contributed by atoms with Crippen molar-refractivity contribution in [1.82, 2.24) is 25.2 Å². The number of ether oxygens (including phenoxy) is 2. The fourth-order valence-corrected chi connectivity index (χ4v) is 3.11. The highest BCUT2D eigenvalue weighted by Gasteiger charge is 2.14. The highest BCUT2D eigenvalue weighted by molar-refractivity contribution is 14.0. The molecule has 0 bridgehead atoms. The Bertz CT molecular complexity index is 717. The van der Waals surface area contributed by atoms with Crippen molar-refractivity contribution in [2.45, 2.75) is 38.2 Å². The minimum atomic E-state index is 0. The summed E-state index contributed by atoms with van der Waals surface area (Å²) in [5, 5.41) is 15.1. The second-order valence-electron chi connectivity index (χ2n) is 6.64. The Labute approximate surface area is 183 Å². The Morgan fingerprint density at radius 1 is 1.29 bits per heavy atom. The summed E-state index contributed by atoms with van der Waals surface area (Å²) in [6.45, 7) is 4.00. The molecule has 9 heteroatoms. The Balaban J connectivity index is 0.00000280. The molecule has 1 atom stereocenters. The number of aliphatic imine (C=N–C) groups is 1. The maximum Gasteiger partial charge on any atom is 0.190 e. The first-order valence-electron chi connectivity index (χ1n) is 9.79. The number of pyridine rings is 1. The van der Waals surface area contributed by atoms with Crippen molar-refractivity contribution in [3.8, 4) is 0 Å². The number of fused-ring (bicyclic) bond motifs is 1. The number of halogens is 1. The predicted octanol–water partition coefficient (Wildman–Crippen LogP) is 2.03. The average Bonchev–Trinajstić information content (AvgIpc) is 3.36. The number of nitrogens with one attached hydrogen (secondary N) is 2. The molecule has 2 aromatic heterocycles. The second kappa shape index (κ2) is 12.9. The maximum absolute atomic E-state index is 5.67. The van der Waals surface area contributed by atoms with Gasteiger partial charge in [0, 0.05) is 46.0 Å². The van der Waals surface area contributed by atoms with Crippen LogP contribution in [0.1, 0.15) is 31.5 Å². The molecule has 3 rings (SSSR count). The number of guanidine groups is 1. The third kappa shape index (κ3) is 7.17. The molecule has 1 saturated heterocycles. The van der Waals surface area contributed by atoms with Gasteiger partial charge in [-0.05, 0) is 37.8 Å². The first-order valence-corrected chi connectivity index (χ1v) is 9.79. The Hall–Kier alpha value is -1.46. The molecule has 156 valence electrons. The molecule has 1 fully saturated rings. The van der Waals surface area contributed by atoms with Gasteiger partial charge in [-0.2, -0.15) is 0 Å². The summed E-state index contributed by atoms with van der Waals surface area (Å²) in [5.74, 6) is 1.80. The van der Waals surface area contributed by atoms with E-state index in [2.05, 4.69) is 25.8 Å². The van der Waals surface area contributed by atoms with E-state index in [-0.39, 0.29) is 24.0 Å². The quantitative estimate of drug-likeness (QED) is 0.224. The lowest BCUT2D eigenvalue weighted by Gasteiger charge is -2.13. The summed E-state index contributed by atoms with van der Waals surface area (Å²) >= 11 is 0. The molecule has 8 nitrogen and oxygen atoms in total. The molecule has 0 aliphatic carbocycles. The minimum Gasteiger partial charge on any atom is -0.379 e. The molecule has 2 N–H and O–H groups in total. The van der Waals surface area contributed by atoms with Crippen LogP contribution in [0.4, 0.5) is 0 Å². The van der Waals surface area contributed by atoms with E-state index >= 15 is 0 Å². The van der Waals surface area contributed by atoms with E-state index in [0.717, 1.165) is 75.8 Å². The number of aryl methyl sites for hydroxylation is 1. The van der Waals surface area contributed by atoms with Crippen LogP contribution in [0.3, 0.4) is 0 Å². The van der Waals surface area contributed by atoms with Crippen molar-refractivity contribution in [2.24, 2.45) is 4.99 Å². The molecular formula is C19H31IN6O2. The smallest absolute Gasteiger partial charge is 0.190 e. The zero-order chi connectivity index (χ0) is 18.7. The van der Waals surface area contributed by atoms with Crippen LogP contribution in [0.15, 0.2) is 29.4 Å². The van der Waals surface area contributed by atoms with Gasteiger partial charge in [-0.25, -0.2) is 0 Å². The van der Waals surface area contributed by atoms with E-state index in [1.807, 2.05) is 28.8 Å². The van der Waals surface area contributed by atoms with Crippen molar-refractivity contribution in [1.29, 1.82) is 0 Å². The van der Waals surface area contributed by atoms with Crippen LogP contribution < -0.4 is 10.6 Å². The third-order valence-electron chi connectivity index (χ3n) is 4.56. The number of hydrogen-bond acceptors (Lipinski definition) is 5. The Morgan fingerprint density at radius 2 is 2.14 bits per heavy atom. The summed E-state index contributed by atoms with van der Waals surface area (Å²) in [4.78, 5) is 4.25. The molecule has 1 aliphatic rings. The lowest BCUT2D eigenvalue weighted by Crippen LogP contribution is -2.38. The SMILES string of the molecule is CN=C(NCCCOCC1CCCO1)NCCCc1nnc2ccccn12.I. The molecule has 1 unspecified atom stereocenters. The van der Waals surface area contributed by atoms with Gasteiger partial charge in [0.2, 0.25) is 0 Å². The van der Waals surface area contributed by atoms with Gasteiger partial charge in [-0.1, -0.05) is 6.07 Å². The highest BCUT2D eigenvalue weighted by Crippen LogP contribution is 2.11. The van der Waals surface area contributed by atoms with Crippen LogP contribution in [-0.4, -0.2) is 66.6 Å². The lowest BCUT2D eigenvalue weighted by atomic mass is 10.2. The summed E-state index contributed by atoms with van der Waals surface area (Å²) in [6.07, 6.45) is 7.35. The van der Waals surface area contributed by atoms with E-state index in [1.165, 1.54) is 0 Å². The fraction of sp³-hybridized carbons (Fsp3) is 0.632. The van der Waals surface area contributed by atoms with Crippen LogP contribution >= 0.6 is 24.0 Å². The minimum absolute atomic E-state index is 0. The molecule has 2 aromatic rings. The molecule has 0 aromatic carbocycles. The van der Waals surface area contributed by atoms with Gasteiger partial charge in [0.15, 0.2) is 11.6 Å². The van der Waals surface area contributed by atoms with Crippen LogP contribution in [0, 0.1) is 0 Å². The van der Waals surface area contributed by atoms with Crippen molar-refractivity contribution in [3.63, 3.8) is 0 Å². The second-order valence-corrected chi connectivity index (χ2v) is 6.64. The van der Waals surface area contributed by atoms with E-state index in [1.54, 1.807) is 7.05 Å². The largest absolute Gasteiger partial charge is 0.379 e. The number of hydrogen-bond donors (Lipinski definition) is 2. The van der Waals surface area contributed by atoms with Gasteiger partial charge in [0.1, 0.15) is 5.82 Å². The molecule has 0 spiro atoms. The van der Waals surface area contributed by atoms with Gasteiger partial charge in [-0.3, -0.25) is 9.39 Å². The zero-order valence-electron chi connectivity index (χ0n) is 16.5. The maximum atomic E-state index is 5.67. The predicted molar refractivity (Wildman–Crippen MR) is 120 cm³/mol. The van der Waals surface area contributed by atoms with Gasteiger partial charge < -0.3 is 20.1 Å². The van der Waals surface area contributed by atoms with E-state index in [4.69, 9.17) is 9.47 Å². The standard InChI is InChI=1S/C19H30N6O2.HI/c1-20-19(22-11-6-13-26-15-16-7-5-14-27-16)21-10-4-9-18-24-23-17-8-2-3-12-25(17)18;/h2-3,8,12,16H,4-7,9-11,13-15H2,1H3,(H2,20,21,22);1H. The van der Waals surface area contributed by atoms with Crippen LogP contribution in [0.25, 0.3) is 5.65 Å². The summed E-state index contributed by atoms with van der Waals surface area (Å²) < 4.78 is 13.2. The molecule has 3 heterocycles. The number of rotatable bonds is 10. The van der Waals surface area contributed by atoms with Gasteiger partial charge in [0.05, 0.1) is 12.7 Å².